The first-order valence-corrected chi connectivity index (χ1v) is 10.7. The van der Waals surface area contributed by atoms with Crippen molar-refractivity contribution in [2.24, 2.45) is 0 Å². The van der Waals surface area contributed by atoms with E-state index >= 15 is 0 Å². The Labute approximate surface area is 194 Å². The second kappa shape index (κ2) is 10.2. The molecule has 1 fully saturated rings. The molecule has 3 heterocycles. The average molecular weight is 466 g/mol. The Hall–Kier alpha value is -4.11. The first kappa shape index (κ1) is 23.1. The van der Waals surface area contributed by atoms with Gasteiger partial charge in [0, 0.05) is 31.3 Å². The molecule has 1 aliphatic rings. The minimum absolute atomic E-state index is 0.163. The molecule has 2 atom stereocenters. The molecule has 11 nitrogen and oxygen atoms in total. The number of alkyl halides is 1. The lowest BCUT2D eigenvalue weighted by molar-refractivity contribution is -0.138. The van der Waals surface area contributed by atoms with Crippen molar-refractivity contribution in [1.82, 2.24) is 29.9 Å². The summed E-state index contributed by atoms with van der Waals surface area (Å²) in [4.78, 5) is 21.6. The highest BCUT2D eigenvalue weighted by Gasteiger charge is 2.33. The topological polar surface area (TPSA) is 142 Å². The summed E-state index contributed by atoms with van der Waals surface area (Å²) in [6.45, 7) is 2.10. The molecule has 0 unspecified atom stereocenters. The van der Waals surface area contributed by atoms with Gasteiger partial charge in [-0.3, -0.25) is 9.48 Å². The number of aryl methyl sites for hydroxylation is 1. The number of aliphatic hydroxyl groups excluding tert-OH is 1. The van der Waals surface area contributed by atoms with Gasteiger partial charge in [-0.15, -0.1) is 5.10 Å². The number of rotatable bonds is 7. The number of carbonyl (C=O) groups excluding carboxylic acids is 1. The van der Waals surface area contributed by atoms with Gasteiger partial charge in [0.1, 0.15) is 30.3 Å². The van der Waals surface area contributed by atoms with Gasteiger partial charge >= 0.3 is 0 Å². The molecule has 0 aliphatic carbocycles. The maximum Gasteiger partial charge on any atom is 0.248 e. The summed E-state index contributed by atoms with van der Waals surface area (Å²) in [6, 6.07) is 8.62. The zero-order chi connectivity index (χ0) is 24.1. The molecule has 1 aromatic carbocycles. The van der Waals surface area contributed by atoms with E-state index in [-0.39, 0.29) is 30.8 Å². The van der Waals surface area contributed by atoms with Crippen molar-refractivity contribution in [2.45, 2.75) is 32.2 Å². The number of halogens is 1. The zero-order valence-electron chi connectivity index (χ0n) is 18.4. The van der Waals surface area contributed by atoms with Crippen LogP contribution in [-0.2, 0) is 11.3 Å². The highest BCUT2D eigenvalue weighted by molar-refractivity contribution is 5.77. The molecule has 0 bridgehead atoms. The van der Waals surface area contributed by atoms with Gasteiger partial charge in [-0.05, 0) is 31.2 Å². The third-order valence-corrected chi connectivity index (χ3v) is 5.38. The lowest BCUT2D eigenvalue weighted by Crippen LogP contribution is -2.50. The van der Waals surface area contributed by atoms with Crippen molar-refractivity contribution in [3.63, 3.8) is 0 Å². The molecular formula is C22H23FN8O3. The minimum atomic E-state index is -1.44. The summed E-state index contributed by atoms with van der Waals surface area (Å²) < 4.78 is 22.1. The summed E-state index contributed by atoms with van der Waals surface area (Å²) >= 11 is 0. The highest BCUT2D eigenvalue weighted by Crippen LogP contribution is 2.28. The van der Waals surface area contributed by atoms with Crippen molar-refractivity contribution >= 4 is 17.5 Å². The molecular weight excluding hydrogens is 443 g/mol. The largest absolute Gasteiger partial charge is 0.486 e. The molecule has 4 rings (SSSR count). The predicted octanol–water partition coefficient (Wildman–Crippen LogP) is 1.68. The Balaban J connectivity index is 1.48. The number of hydrogen-bond donors (Lipinski definition) is 2. The molecule has 0 spiro atoms. The third-order valence-electron chi connectivity index (χ3n) is 5.38. The Bertz CT molecular complexity index is 1210. The van der Waals surface area contributed by atoms with Crippen LogP contribution < -0.4 is 10.1 Å². The number of carbonyl (C=O) groups is 1. The minimum Gasteiger partial charge on any atom is -0.486 e. The van der Waals surface area contributed by atoms with E-state index in [1.54, 1.807) is 41.3 Å². The van der Waals surface area contributed by atoms with E-state index in [9.17, 15) is 14.4 Å². The summed E-state index contributed by atoms with van der Waals surface area (Å²) in [5, 5.41) is 29.6. The van der Waals surface area contributed by atoms with Crippen molar-refractivity contribution in [3.8, 4) is 23.2 Å². The number of hydrogen-bond acceptors (Lipinski definition) is 9. The number of amides is 1. The van der Waals surface area contributed by atoms with Crippen LogP contribution in [0.4, 0.5) is 16.0 Å². The lowest BCUT2D eigenvalue weighted by atomic mass is 10.0. The Morgan fingerprint density at radius 1 is 1.38 bits per heavy atom. The van der Waals surface area contributed by atoms with Gasteiger partial charge in [0.2, 0.25) is 5.91 Å². The predicted molar refractivity (Wildman–Crippen MR) is 119 cm³/mol. The molecule has 12 heteroatoms. The number of nitriles is 1. The van der Waals surface area contributed by atoms with Gasteiger partial charge < -0.3 is 20.1 Å². The molecule has 0 radical (unpaired) electrons. The van der Waals surface area contributed by atoms with E-state index < -0.39 is 24.8 Å². The number of aliphatic hydroxyl groups is 1. The molecule has 34 heavy (non-hydrogen) atoms. The number of likely N-dealkylation sites (tertiary alicyclic amines) is 1. The summed E-state index contributed by atoms with van der Waals surface area (Å²) in [5.41, 5.74) is 0.802. The number of nitrogens with zero attached hydrogens (tertiary/aromatic N) is 7. The Kier molecular flexibility index (Phi) is 6.93. The molecule has 1 aliphatic heterocycles. The first-order valence-electron chi connectivity index (χ1n) is 10.7. The van der Waals surface area contributed by atoms with E-state index in [0.29, 0.717) is 29.6 Å². The highest BCUT2D eigenvalue weighted by atomic mass is 19.1. The van der Waals surface area contributed by atoms with Gasteiger partial charge in [-0.25, -0.2) is 14.4 Å². The van der Waals surface area contributed by atoms with E-state index in [0.717, 1.165) is 0 Å². The third kappa shape index (κ3) is 5.10. The summed E-state index contributed by atoms with van der Waals surface area (Å²) in [6.07, 6.45) is 1.34. The van der Waals surface area contributed by atoms with Crippen molar-refractivity contribution in [2.75, 3.05) is 25.0 Å². The molecule has 1 saturated heterocycles. The number of aromatic nitrogens is 5. The van der Waals surface area contributed by atoms with Gasteiger partial charge in [-0.1, -0.05) is 5.21 Å². The van der Waals surface area contributed by atoms with Crippen molar-refractivity contribution in [1.29, 1.82) is 5.26 Å². The molecule has 176 valence electrons. The van der Waals surface area contributed by atoms with Crippen LogP contribution >= 0.6 is 0 Å². The molecule has 2 aromatic heterocycles. The monoisotopic (exact) mass is 466 g/mol. The number of nitrogens with one attached hydrogen (secondary N) is 1. The number of ether oxygens (including phenoxy) is 1. The van der Waals surface area contributed by atoms with Crippen LogP contribution in [-0.4, -0.2) is 72.8 Å². The van der Waals surface area contributed by atoms with Gasteiger partial charge in [0.25, 0.3) is 0 Å². The second-order valence-electron chi connectivity index (χ2n) is 7.63. The van der Waals surface area contributed by atoms with Crippen LogP contribution in [0.5, 0.6) is 5.75 Å². The normalized spacial score (nSPS) is 17.8. The smallest absolute Gasteiger partial charge is 0.248 e. The van der Waals surface area contributed by atoms with E-state index in [1.807, 2.05) is 6.92 Å². The standard InChI is InChI=1S/C22H23FN8O3/c1-2-31-12-20(28-29-31)26-19-5-7-25-22(27-19)14-3-4-17(15(9-14)10-24)34-18-6-8-30(11-16(18)23)21(33)13-32/h3-5,7,9,12,16,18,32H,2,6,8,11,13H2,1H3,(H,25,26,27)/t16-,18+/m1/s1. The fourth-order valence-corrected chi connectivity index (χ4v) is 3.57. The van der Waals surface area contributed by atoms with Crippen LogP contribution in [0.25, 0.3) is 11.4 Å². The summed E-state index contributed by atoms with van der Waals surface area (Å²) in [5.74, 6) is 1.16. The van der Waals surface area contributed by atoms with Crippen LogP contribution in [0, 0.1) is 11.3 Å². The SMILES string of the molecule is CCn1cc(Nc2ccnc(-c3ccc(O[C@H]4CCN(C(=O)CO)C[C@H]4F)c(C#N)c3)n2)nn1. The van der Waals surface area contributed by atoms with E-state index in [1.165, 1.54) is 4.90 Å². The number of piperidine rings is 1. The van der Waals surface area contributed by atoms with Crippen LogP contribution in [0.2, 0.25) is 0 Å². The van der Waals surface area contributed by atoms with Gasteiger partial charge in [0.05, 0.1) is 18.3 Å². The van der Waals surface area contributed by atoms with Gasteiger partial charge in [0.15, 0.2) is 17.8 Å². The molecule has 0 saturated carbocycles. The Morgan fingerprint density at radius 3 is 2.94 bits per heavy atom. The Morgan fingerprint density at radius 2 is 2.24 bits per heavy atom. The molecule has 1 amide bonds. The van der Waals surface area contributed by atoms with Crippen LogP contribution in [0.1, 0.15) is 18.9 Å². The van der Waals surface area contributed by atoms with Crippen LogP contribution in [0.15, 0.2) is 36.7 Å². The van der Waals surface area contributed by atoms with E-state index in [4.69, 9.17) is 9.84 Å². The first-order chi connectivity index (χ1) is 16.5. The van der Waals surface area contributed by atoms with Crippen LogP contribution in [0.3, 0.4) is 0 Å². The second-order valence-corrected chi connectivity index (χ2v) is 7.63. The lowest BCUT2D eigenvalue weighted by Gasteiger charge is -2.34. The summed E-state index contributed by atoms with van der Waals surface area (Å²) in [7, 11) is 0. The zero-order valence-corrected chi connectivity index (χ0v) is 18.4. The average Bonchev–Trinajstić information content (AvgIpc) is 3.32. The van der Waals surface area contributed by atoms with Gasteiger partial charge in [-0.2, -0.15) is 5.26 Å². The van der Waals surface area contributed by atoms with Crippen molar-refractivity contribution < 1.29 is 19.0 Å². The van der Waals surface area contributed by atoms with Crippen molar-refractivity contribution in [3.05, 3.63) is 42.2 Å². The fourth-order valence-electron chi connectivity index (χ4n) is 3.57. The molecule has 3 aromatic rings. The molecule has 2 N–H and O–H groups in total. The number of benzene rings is 1. The number of anilines is 2. The quantitative estimate of drug-likeness (QED) is 0.532. The maximum atomic E-state index is 14.6. The fraction of sp³-hybridized carbons (Fsp3) is 0.364. The van der Waals surface area contributed by atoms with E-state index in [2.05, 4.69) is 31.7 Å². The maximum absolute atomic E-state index is 14.6.